The van der Waals surface area contributed by atoms with Crippen LogP contribution in [0.25, 0.3) is 11.3 Å². The molecule has 0 saturated heterocycles. The maximum Gasteiger partial charge on any atom is 0.261 e. The molecule has 0 saturated carbocycles. The smallest absolute Gasteiger partial charge is 0.261 e. The van der Waals surface area contributed by atoms with E-state index >= 15 is 0 Å². The molecule has 0 aliphatic rings. The van der Waals surface area contributed by atoms with E-state index < -0.39 is 10.0 Å². The van der Waals surface area contributed by atoms with Crippen LogP contribution in [-0.4, -0.2) is 25.2 Å². The van der Waals surface area contributed by atoms with Crippen molar-refractivity contribution in [1.29, 1.82) is 0 Å². The summed E-state index contributed by atoms with van der Waals surface area (Å²) in [7, 11) is -3.67. The SMILES string of the molecule is CCOc1ccc(-c2cccc(NS(=O)(=O)c3ccc(C)c(C)c3)c2)nn1. The lowest BCUT2D eigenvalue weighted by molar-refractivity contribution is 0.323. The Labute approximate surface area is 159 Å². The monoisotopic (exact) mass is 383 g/mol. The molecule has 2 aromatic carbocycles. The molecule has 140 valence electrons. The summed E-state index contributed by atoms with van der Waals surface area (Å²) in [4.78, 5) is 0.233. The van der Waals surface area contributed by atoms with Crippen molar-refractivity contribution in [3.05, 3.63) is 65.7 Å². The number of nitrogens with one attached hydrogen (secondary N) is 1. The molecule has 0 atom stereocenters. The minimum atomic E-state index is -3.67. The van der Waals surface area contributed by atoms with Crippen molar-refractivity contribution >= 4 is 15.7 Å². The number of anilines is 1. The lowest BCUT2D eigenvalue weighted by Gasteiger charge is -2.11. The van der Waals surface area contributed by atoms with Crippen LogP contribution in [0.1, 0.15) is 18.1 Å². The molecule has 0 amide bonds. The molecule has 27 heavy (non-hydrogen) atoms. The van der Waals surface area contributed by atoms with Crippen molar-refractivity contribution in [2.45, 2.75) is 25.7 Å². The molecule has 0 fully saturated rings. The van der Waals surface area contributed by atoms with Crippen molar-refractivity contribution in [2.75, 3.05) is 11.3 Å². The van der Waals surface area contributed by atoms with Crippen LogP contribution >= 0.6 is 0 Å². The zero-order chi connectivity index (χ0) is 19.4. The number of rotatable bonds is 6. The van der Waals surface area contributed by atoms with Crippen LogP contribution in [0.5, 0.6) is 5.88 Å². The quantitative estimate of drug-likeness (QED) is 0.697. The maximum absolute atomic E-state index is 12.7. The van der Waals surface area contributed by atoms with Crippen LogP contribution in [0, 0.1) is 13.8 Å². The van der Waals surface area contributed by atoms with Crippen molar-refractivity contribution in [1.82, 2.24) is 10.2 Å². The van der Waals surface area contributed by atoms with Gasteiger partial charge in [0.1, 0.15) is 0 Å². The zero-order valence-electron chi connectivity index (χ0n) is 15.4. The second-order valence-electron chi connectivity index (χ2n) is 6.12. The zero-order valence-corrected chi connectivity index (χ0v) is 16.2. The fourth-order valence-corrected chi connectivity index (χ4v) is 3.67. The van der Waals surface area contributed by atoms with E-state index in [1.807, 2.05) is 26.8 Å². The minimum absolute atomic E-state index is 0.233. The topological polar surface area (TPSA) is 81.2 Å². The van der Waals surface area contributed by atoms with Gasteiger partial charge in [-0.1, -0.05) is 18.2 Å². The Bertz CT molecular complexity index is 1050. The van der Waals surface area contributed by atoms with Gasteiger partial charge in [-0.05, 0) is 62.2 Å². The molecule has 0 bridgehead atoms. The van der Waals surface area contributed by atoms with Gasteiger partial charge in [0, 0.05) is 17.3 Å². The fraction of sp³-hybridized carbons (Fsp3) is 0.200. The van der Waals surface area contributed by atoms with Crippen molar-refractivity contribution < 1.29 is 13.2 Å². The molecule has 0 aliphatic carbocycles. The lowest BCUT2D eigenvalue weighted by Crippen LogP contribution is -2.13. The highest BCUT2D eigenvalue weighted by molar-refractivity contribution is 7.92. The van der Waals surface area contributed by atoms with Crippen LogP contribution in [0.4, 0.5) is 5.69 Å². The van der Waals surface area contributed by atoms with Gasteiger partial charge < -0.3 is 4.74 Å². The summed E-state index contributed by atoms with van der Waals surface area (Å²) in [6, 6.07) is 15.6. The maximum atomic E-state index is 12.7. The third kappa shape index (κ3) is 4.43. The molecule has 1 heterocycles. The van der Waals surface area contributed by atoms with E-state index in [4.69, 9.17) is 4.74 Å². The Kier molecular flexibility index (Phi) is 5.41. The molecule has 0 aliphatic heterocycles. The first-order chi connectivity index (χ1) is 12.9. The van der Waals surface area contributed by atoms with E-state index in [0.29, 0.717) is 23.9 Å². The summed E-state index contributed by atoms with van der Waals surface area (Å²) in [6.07, 6.45) is 0. The first-order valence-corrected chi connectivity index (χ1v) is 10.0. The van der Waals surface area contributed by atoms with Gasteiger partial charge in [-0.15, -0.1) is 10.2 Å². The van der Waals surface area contributed by atoms with E-state index in [1.165, 1.54) is 0 Å². The summed E-state index contributed by atoms with van der Waals surface area (Å²) in [5.41, 5.74) is 3.82. The van der Waals surface area contributed by atoms with Crippen molar-refractivity contribution in [3.8, 4) is 17.1 Å². The molecule has 7 heteroatoms. The second-order valence-corrected chi connectivity index (χ2v) is 7.80. The Hall–Kier alpha value is -2.93. The van der Waals surface area contributed by atoms with Crippen LogP contribution in [0.3, 0.4) is 0 Å². The number of aromatic nitrogens is 2. The first kappa shape index (κ1) is 18.8. The van der Waals surface area contributed by atoms with Gasteiger partial charge in [0.05, 0.1) is 17.2 Å². The Balaban J connectivity index is 1.85. The summed E-state index contributed by atoms with van der Waals surface area (Å²) in [5, 5.41) is 8.14. The number of benzene rings is 2. The molecule has 0 radical (unpaired) electrons. The van der Waals surface area contributed by atoms with Crippen molar-refractivity contribution in [3.63, 3.8) is 0 Å². The van der Waals surface area contributed by atoms with E-state index in [9.17, 15) is 8.42 Å². The first-order valence-electron chi connectivity index (χ1n) is 8.56. The molecule has 3 aromatic rings. The van der Waals surface area contributed by atoms with Crippen LogP contribution in [-0.2, 0) is 10.0 Å². The van der Waals surface area contributed by atoms with E-state index in [0.717, 1.165) is 16.7 Å². The molecular formula is C20H21N3O3S. The summed E-state index contributed by atoms with van der Waals surface area (Å²) < 4.78 is 33.3. The standard InChI is InChI=1S/C20H21N3O3S/c1-4-26-20-11-10-19(21-22-20)16-6-5-7-17(13-16)23-27(24,25)18-9-8-14(2)15(3)12-18/h5-13,23H,4H2,1-3H3. The Morgan fingerprint density at radius 1 is 0.963 bits per heavy atom. The second kappa shape index (κ2) is 7.75. The predicted octanol–water partition coefficient (Wildman–Crippen LogP) is 3.96. The highest BCUT2D eigenvalue weighted by Gasteiger charge is 2.15. The number of hydrogen-bond acceptors (Lipinski definition) is 5. The minimum Gasteiger partial charge on any atom is -0.477 e. The van der Waals surface area contributed by atoms with E-state index in [-0.39, 0.29) is 4.90 Å². The summed E-state index contributed by atoms with van der Waals surface area (Å²) in [6.45, 7) is 6.23. The fourth-order valence-electron chi connectivity index (χ4n) is 2.54. The van der Waals surface area contributed by atoms with Crippen LogP contribution in [0.15, 0.2) is 59.5 Å². The average Bonchev–Trinajstić information content (AvgIpc) is 2.64. The number of nitrogens with zero attached hydrogens (tertiary/aromatic N) is 2. The van der Waals surface area contributed by atoms with Crippen LogP contribution < -0.4 is 9.46 Å². The highest BCUT2D eigenvalue weighted by atomic mass is 32.2. The molecule has 0 unspecified atom stereocenters. The van der Waals surface area contributed by atoms with Crippen molar-refractivity contribution in [2.24, 2.45) is 0 Å². The molecular weight excluding hydrogens is 362 g/mol. The van der Waals surface area contributed by atoms with Gasteiger partial charge in [0.2, 0.25) is 5.88 Å². The Morgan fingerprint density at radius 3 is 2.44 bits per heavy atom. The molecule has 0 spiro atoms. The summed E-state index contributed by atoms with van der Waals surface area (Å²) in [5.74, 6) is 0.452. The van der Waals surface area contributed by atoms with Gasteiger partial charge in [0.15, 0.2) is 0 Å². The van der Waals surface area contributed by atoms with Gasteiger partial charge in [0.25, 0.3) is 10.0 Å². The molecule has 1 aromatic heterocycles. The predicted molar refractivity (Wildman–Crippen MR) is 105 cm³/mol. The molecule has 6 nitrogen and oxygen atoms in total. The third-order valence-electron chi connectivity index (χ3n) is 4.13. The largest absolute Gasteiger partial charge is 0.477 e. The van der Waals surface area contributed by atoms with Gasteiger partial charge in [-0.2, -0.15) is 0 Å². The summed E-state index contributed by atoms with van der Waals surface area (Å²) >= 11 is 0. The molecule has 3 rings (SSSR count). The van der Waals surface area contributed by atoms with Crippen LogP contribution in [0.2, 0.25) is 0 Å². The van der Waals surface area contributed by atoms with Gasteiger partial charge >= 0.3 is 0 Å². The van der Waals surface area contributed by atoms with E-state index in [1.54, 1.807) is 48.5 Å². The Morgan fingerprint density at radius 2 is 1.78 bits per heavy atom. The third-order valence-corrected chi connectivity index (χ3v) is 5.51. The average molecular weight is 383 g/mol. The number of sulfonamides is 1. The number of aryl methyl sites for hydroxylation is 2. The molecule has 1 N–H and O–H groups in total. The number of ether oxygens (including phenoxy) is 1. The highest BCUT2D eigenvalue weighted by Crippen LogP contribution is 2.24. The number of hydrogen-bond donors (Lipinski definition) is 1. The van der Waals surface area contributed by atoms with E-state index in [2.05, 4.69) is 14.9 Å². The lowest BCUT2D eigenvalue weighted by atomic mass is 10.1. The van der Waals surface area contributed by atoms with Gasteiger partial charge in [-0.25, -0.2) is 8.42 Å². The normalized spacial score (nSPS) is 11.2. The van der Waals surface area contributed by atoms with Gasteiger partial charge in [-0.3, -0.25) is 4.72 Å².